The number of nitrogens with zero attached hydrogens (tertiary/aromatic N) is 2. The van der Waals surface area contributed by atoms with Crippen molar-refractivity contribution in [1.29, 1.82) is 0 Å². The van der Waals surface area contributed by atoms with Crippen LogP contribution in [0, 0.1) is 0 Å². The highest BCUT2D eigenvalue weighted by atomic mass is 16.5. The fraction of sp³-hybridized carbons (Fsp3) is 0.375. The van der Waals surface area contributed by atoms with E-state index in [1.807, 2.05) is 31.2 Å². The van der Waals surface area contributed by atoms with Gasteiger partial charge in [-0.05, 0) is 24.0 Å². The highest BCUT2D eigenvalue weighted by Crippen LogP contribution is 2.18. The maximum atomic E-state index is 12.1. The van der Waals surface area contributed by atoms with Gasteiger partial charge < -0.3 is 10.5 Å². The van der Waals surface area contributed by atoms with Crippen molar-refractivity contribution >= 4 is 11.7 Å². The summed E-state index contributed by atoms with van der Waals surface area (Å²) < 4.78 is 6.81. The Labute approximate surface area is 124 Å². The van der Waals surface area contributed by atoms with Crippen LogP contribution in [0.4, 0.5) is 5.69 Å². The van der Waals surface area contributed by atoms with Crippen molar-refractivity contribution in [3.05, 3.63) is 46.8 Å². The fourth-order valence-corrected chi connectivity index (χ4v) is 2.19. The molecule has 5 heteroatoms. The van der Waals surface area contributed by atoms with Crippen LogP contribution in [0.1, 0.15) is 41.2 Å². The standard InChI is InChI=1S/C16H21N3O2/c1-4-11-6-8-12(9-7-11)10-21-16(20)15-14(17)13(5-2)18-19(15)3/h6-9H,4-5,10,17H2,1-3H3. The van der Waals surface area contributed by atoms with Crippen LogP contribution in [0.5, 0.6) is 0 Å². The minimum absolute atomic E-state index is 0.231. The SMILES string of the molecule is CCc1ccc(COC(=O)c2c(N)c(CC)nn2C)cc1. The summed E-state index contributed by atoms with van der Waals surface area (Å²) in [6.07, 6.45) is 1.68. The Hall–Kier alpha value is -2.30. The van der Waals surface area contributed by atoms with Gasteiger partial charge in [-0.1, -0.05) is 38.1 Å². The van der Waals surface area contributed by atoms with E-state index in [-0.39, 0.29) is 6.61 Å². The normalized spacial score (nSPS) is 10.6. The zero-order valence-corrected chi connectivity index (χ0v) is 12.7. The Morgan fingerprint density at radius 1 is 1.19 bits per heavy atom. The first-order valence-corrected chi connectivity index (χ1v) is 7.13. The predicted molar refractivity (Wildman–Crippen MR) is 81.9 cm³/mol. The molecule has 2 rings (SSSR count). The van der Waals surface area contributed by atoms with Gasteiger partial charge in [0.1, 0.15) is 6.61 Å². The van der Waals surface area contributed by atoms with E-state index in [0.29, 0.717) is 17.8 Å². The van der Waals surface area contributed by atoms with E-state index < -0.39 is 5.97 Å². The van der Waals surface area contributed by atoms with Crippen LogP contribution in [0.25, 0.3) is 0 Å². The van der Waals surface area contributed by atoms with Gasteiger partial charge in [-0.15, -0.1) is 0 Å². The molecule has 1 heterocycles. The molecule has 0 unspecified atom stereocenters. The first-order valence-electron chi connectivity index (χ1n) is 7.13. The lowest BCUT2D eigenvalue weighted by Gasteiger charge is -2.06. The molecule has 0 amide bonds. The second-order valence-electron chi connectivity index (χ2n) is 4.93. The summed E-state index contributed by atoms with van der Waals surface area (Å²) in [5, 5.41) is 4.22. The van der Waals surface area contributed by atoms with Crippen LogP contribution in [-0.2, 0) is 31.2 Å². The van der Waals surface area contributed by atoms with Gasteiger partial charge in [-0.2, -0.15) is 5.10 Å². The third-order valence-corrected chi connectivity index (χ3v) is 3.49. The number of nitrogen functional groups attached to an aromatic ring is 1. The molecule has 0 aliphatic rings. The zero-order valence-electron chi connectivity index (χ0n) is 12.7. The zero-order chi connectivity index (χ0) is 15.4. The van der Waals surface area contributed by atoms with E-state index in [9.17, 15) is 4.79 Å². The van der Waals surface area contributed by atoms with Gasteiger partial charge in [0.2, 0.25) is 0 Å². The lowest BCUT2D eigenvalue weighted by atomic mass is 10.1. The van der Waals surface area contributed by atoms with E-state index in [0.717, 1.165) is 17.7 Å². The van der Waals surface area contributed by atoms with Crippen molar-refractivity contribution in [2.75, 3.05) is 5.73 Å². The smallest absolute Gasteiger partial charge is 0.359 e. The summed E-state index contributed by atoms with van der Waals surface area (Å²) in [5.74, 6) is -0.443. The van der Waals surface area contributed by atoms with Crippen LogP contribution in [-0.4, -0.2) is 15.7 Å². The number of aromatic nitrogens is 2. The highest BCUT2D eigenvalue weighted by Gasteiger charge is 2.20. The minimum atomic E-state index is -0.443. The maximum absolute atomic E-state index is 12.1. The van der Waals surface area contributed by atoms with E-state index in [2.05, 4.69) is 12.0 Å². The third-order valence-electron chi connectivity index (χ3n) is 3.49. The molecule has 1 aromatic heterocycles. The van der Waals surface area contributed by atoms with Crippen molar-refractivity contribution in [1.82, 2.24) is 9.78 Å². The first kappa shape index (κ1) is 15.1. The second kappa shape index (κ2) is 6.43. The van der Waals surface area contributed by atoms with Crippen LogP contribution in [0.15, 0.2) is 24.3 Å². The number of nitrogens with two attached hydrogens (primary N) is 1. The topological polar surface area (TPSA) is 70.1 Å². The molecule has 21 heavy (non-hydrogen) atoms. The Kier molecular flexibility index (Phi) is 4.62. The average molecular weight is 287 g/mol. The molecule has 0 fully saturated rings. The molecule has 2 N–H and O–H groups in total. The summed E-state index contributed by atoms with van der Waals surface area (Å²) in [4.78, 5) is 12.1. The van der Waals surface area contributed by atoms with Crippen LogP contribution < -0.4 is 5.73 Å². The molecule has 0 aliphatic heterocycles. The minimum Gasteiger partial charge on any atom is -0.456 e. The second-order valence-corrected chi connectivity index (χ2v) is 4.93. The first-order chi connectivity index (χ1) is 10.1. The van der Waals surface area contributed by atoms with E-state index in [1.165, 1.54) is 10.2 Å². The summed E-state index contributed by atoms with van der Waals surface area (Å²) >= 11 is 0. The Bertz CT molecular complexity index is 630. The fourth-order valence-electron chi connectivity index (χ4n) is 2.19. The number of rotatable bonds is 5. The number of aryl methyl sites for hydroxylation is 3. The average Bonchev–Trinajstić information content (AvgIpc) is 2.79. The molecule has 0 atom stereocenters. The largest absolute Gasteiger partial charge is 0.456 e. The van der Waals surface area contributed by atoms with Gasteiger partial charge in [0.05, 0.1) is 11.4 Å². The van der Waals surface area contributed by atoms with Gasteiger partial charge in [-0.3, -0.25) is 4.68 Å². The lowest BCUT2D eigenvalue weighted by molar-refractivity contribution is 0.0461. The molecule has 0 saturated carbocycles. The van der Waals surface area contributed by atoms with E-state index in [4.69, 9.17) is 10.5 Å². The van der Waals surface area contributed by atoms with E-state index >= 15 is 0 Å². The molecule has 2 aromatic rings. The molecule has 112 valence electrons. The van der Waals surface area contributed by atoms with Gasteiger partial charge in [0, 0.05) is 7.05 Å². The molecular formula is C16H21N3O2. The molecule has 0 aliphatic carbocycles. The quantitative estimate of drug-likeness (QED) is 0.858. The molecular weight excluding hydrogens is 266 g/mol. The molecule has 0 bridgehead atoms. The number of hydrogen-bond donors (Lipinski definition) is 1. The Morgan fingerprint density at radius 2 is 1.81 bits per heavy atom. The van der Waals surface area contributed by atoms with Gasteiger partial charge in [-0.25, -0.2) is 4.79 Å². The summed E-state index contributed by atoms with van der Waals surface area (Å²) in [5.41, 5.74) is 9.60. The number of ether oxygens (including phenoxy) is 1. The number of hydrogen-bond acceptors (Lipinski definition) is 4. The predicted octanol–water partition coefficient (Wildman–Crippen LogP) is 2.48. The van der Waals surface area contributed by atoms with Crippen molar-refractivity contribution in [3.8, 4) is 0 Å². The maximum Gasteiger partial charge on any atom is 0.359 e. The summed E-state index contributed by atoms with van der Waals surface area (Å²) in [6.45, 7) is 4.28. The van der Waals surface area contributed by atoms with Crippen molar-refractivity contribution in [2.24, 2.45) is 7.05 Å². The molecule has 5 nitrogen and oxygen atoms in total. The van der Waals surface area contributed by atoms with Crippen LogP contribution in [0.2, 0.25) is 0 Å². The summed E-state index contributed by atoms with van der Waals surface area (Å²) in [7, 11) is 1.70. The van der Waals surface area contributed by atoms with Crippen molar-refractivity contribution in [3.63, 3.8) is 0 Å². The number of carbonyl (C=O) groups is 1. The lowest BCUT2D eigenvalue weighted by Crippen LogP contribution is -2.12. The van der Waals surface area contributed by atoms with Gasteiger partial charge >= 0.3 is 5.97 Å². The van der Waals surface area contributed by atoms with E-state index in [1.54, 1.807) is 7.05 Å². The molecule has 0 radical (unpaired) electrons. The number of benzene rings is 1. The molecule has 0 saturated heterocycles. The van der Waals surface area contributed by atoms with Crippen molar-refractivity contribution in [2.45, 2.75) is 33.3 Å². The Balaban J connectivity index is 2.06. The monoisotopic (exact) mass is 287 g/mol. The molecule has 1 aromatic carbocycles. The van der Waals surface area contributed by atoms with Crippen molar-refractivity contribution < 1.29 is 9.53 Å². The number of carbonyl (C=O) groups excluding carboxylic acids is 1. The summed E-state index contributed by atoms with van der Waals surface area (Å²) in [6, 6.07) is 8.01. The van der Waals surface area contributed by atoms with Crippen LogP contribution in [0.3, 0.4) is 0 Å². The number of esters is 1. The Morgan fingerprint density at radius 3 is 2.33 bits per heavy atom. The van der Waals surface area contributed by atoms with Gasteiger partial charge in [0.25, 0.3) is 0 Å². The number of anilines is 1. The van der Waals surface area contributed by atoms with Crippen LogP contribution >= 0.6 is 0 Å². The molecule has 0 spiro atoms. The third kappa shape index (κ3) is 3.24. The van der Waals surface area contributed by atoms with Gasteiger partial charge in [0.15, 0.2) is 5.69 Å². The highest BCUT2D eigenvalue weighted by molar-refractivity contribution is 5.93.